The molecule has 8 heteroatoms. The highest BCUT2D eigenvalue weighted by molar-refractivity contribution is 7.89. The van der Waals surface area contributed by atoms with Gasteiger partial charge < -0.3 is 10.4 Å². The summed E-state index contributed by atoms with van der Waals surface area (Å²) in [5.74, 6) is -1.94. The van der Waals surface area contributed by atoms with E-state index in [0.717, 1.165) is 0 Å². The predicted molar refractivity (Wildman–Crippen MR) is 99.5 cm³/mol. The molecule has 1 aromatic rings. The maximum absolute atomic E-state index is 12.6. The number of amides is 1. The molecular weight excluding hydrogens is 356 g/mol. The van der Waals surface area contributed by atoms with Crippen LogP contribution in [-0.2, 0) is 14.8 Å². The van der Waals surface area contributed by atoms with E-state index in [0.29, 0.717) is 19.5 Å². The summed E-state index contributed by atoms with van der Waals surface area (Å²) in [6.07, 6.45) is 0.450. The molecule has 0 aliphatic heterocycles. The summed E-state index contributed by atoms with van der Waals surface area (Å²) in [5.41, 5.74) is 0.187. The van der Waals surface area contributed by atoms with Crippen LogP contribution in [0, 0.1) is 11.8 Å². The first-order valence-corrected chi connectivity index (χ1v) is 10.2. The summed E-state index contributed by atoms with van der Waals surface area (Å²) in [6.45, 7) is 8.00. The van der Waals surface area contributed by atoms with Crippen LogP contribution in [0.2, 0.25) is 0 Å². The van der Waals surface area contributed by atoms with E-state index in [-0.39, 0.29) is 22.9 Å². The molecule has 1 aromatic carbocycles. The first-order valence-electron chi connectivity index (χ1n) is 8.74. The SMILES string of the molecule is CCN(CC)S(=O)(=O)c1cccc(C(=O)NCC(CC(C)C)C(=O)O)c1. The molecule has 0 spiro atoms. The molecule has 1 atom stereocenters. The summed E-state index contributed by atoms with van der Waals surface area (Å²) >= 11 is 0. The minimum absolute atomic E-state index is 0.000626. The zero-order valence-corrected chi connectivity index (χ0v) is 16.5. The van der Waals surface area contributed by atoms with E-state index in [1.165, 1.54) is 28.6 Å². The van der Waals surface area contributed by atoms with Crippen LogP contribution < -0.4 is 5.32 Å². The molecule has 0 saturated carbocycles. The zero-order valence-electron chi connectivity index (χ0n) is 15.7. The van der Waals surface area contributed by atoms with Gasteiger partial charge in [0.25, 0.3) is 5.91 Å². The molecule has 1 unspecified atom stereocenters. The second-order valence-electron chi connectivity index (χ2n) is 6.49. The highest BCUT2D eigenvalue weighted by Crippen LogP contribution is 2.17. The van der Waals surface area contributed by atoms with Crippen molar-refractivity contribution in [3.8, 4) is 0 Å². The lowest BCUT2D eigenvalue weighted by Crippen LogP contribution is -2.34. The monoisotopic (exact) mass is 384 g/mol. The number of benzene rings is 1. The van der Waals surface area contributed by atoms with Gasteiger partial charge in [0.05, 0.1) is 10.8 Å². The van der Waals surface area contributed by atoms with Gasteiger partial charge >= 0.3 is 5.97 Å². The van der Waals surface area contributed by atoms with E-state index in [4.69, 9.17) is 0 Å². The Morgan fingerprint density at radius 1 is 1.19 bits per heavy atom. The summed E-state index contributed by atoms with van der Waals surface area (Å²) in [4.78, 5) is 23.7. The van der Waals surface area contributed by atoms with Gasteiger partial charge in [0.2, 0.25) is 10.0 Å². The van der Waals surface area contributed by atoms with E-state index in [1.807, 2.05) is 13.8 Å². The molecule has 0 fully saturated rings. The second kappa shape index (κ2) is 9.68. The topological polar surface area (TPSA) is 104 Å². The van der Waals surface area contributed by atoms with Gasteiger partial charge in [0.15, 0.2) is 0 Å². The van der Waals surface area contributed by atoms with Crippen LogP contribution in [0.4, 0.5) is 0 Å². The van der Waals surface area contributed by atoms with Crippen molar-refractivity contribution >= 4 is 21.9 Å². The molecule has 0 bridgehead atoms. The lowest BCUT2D eigenvalue weighted by atomic mass is 9.97. The largest absolute Gasteiger partial charge is 0.481 e. The van der Waals surface area contributed by atoms with E-state index in [9.17, 15) is 23.1 Å². The molecule has 0 heterocycles. The van der Waals surface area contributed by atoms with E-state index in [1.54, 1.807) is 13.8 Å². The molecule has 7 nitrogen and oxygen atoms in total. The Morgan fingerprint density at radius 3 is 2.31 bits per heavy atom. The molecule has 1 rings (SSSR count). The maximum atomic E-state index is 12.6. The first kappa shape index (κ1) is 22.1. The average molecular weight is 384 g/mol. The summed E-state index contributed by atoms with van der Waals surface area (Å²) in [6, 6.07) is 5.79. The minimum atomic E-state index is -3.66. The lowest BCUT2D eigenvalue weighted by Gasteiger charge is -2.19. The quantitative estimate of drug-likeness (QED) is 0.643. The summed E-state index contributed by atoms with van der Waals surface area (Å²) < 4.78 is 26.4. The van der Waals surface area contributed by atoms with Gasteiger partial charge in [-0.15, -0.1) is 0 Å². The number of carbonyl (C=O) groups is 2. The molecule has 2 N–H and O–H groups in total. The molecule has 0 aliphatic carbocycles. The average Bonchev–Trinajstić information content (AvgIpc) is 2.58. The molecule has 0 saturated heterocycles. The van der Waals surface area contributed by atoms with Gasteiger partial charge in [-0.3, -0.25) is 9.59 Å². The Bertz CT molecular complexity index is 727. The van der Waals surface area contributed by atoms with Crippen molar-refractivity contribution in [3.05, 3.63) is 29.8 Å². The molecule has 0 aliphatic rings. The highest BCUT2D eigenvalue weighted by Gasteiger charge is 2.23. The van der Waals surface area contributed by atoms with E-state index >= 15 is 0 Å². The number of carboxylic acid groups (broad SMARTS) is 1. The van der Waals surface area contributed by atoms with Gasteiger partial charge in [0.1, 0.15) is 0 Å². The van der Waals surface area contributed by atoms with Crippen molar-refractivity contribution in [3.63, 3.8) is 0 Å². The number of nitrogens with zero attached hydrogens (tertiary/aromatic N) is 1. The smallest absolute Gasteiger partial charge is 0.308 e. The van der Waals surface area contributed by atoms with Gasteiger partial charge in [0, 0.05) is 25.2 Å². The molecule has 146 valence electrons. The van der Waals surface area contributed by atoms with Crippen molar-refractivity contribution in [2.45, 2.75) is 39.0 Å². The van der Waals surface area contributed by atoms with Crippen molar-refractivity contribution < 1.29 is 23.1 Å². The number of carboxylic acids is 1. The van der Waals surface area contributed by atoms with Crippen LogP contribution in [0.15, 0.2) is 29.2 Å². The van der Waals surface area contributed by atoms with E-state index < -0.39 is 27.8 Å². The number of rotatable bonds is 10. The fourth-order valence-electron chi connectivity index (χ4n) is 2.67. The third-order valence-electron chi connectivity index (χ3n) is 4.05. The number of hydrogen-bond donors (Lipinski definition) is 2. The normalized spacial score (nSPS) is 13.0. The summed E-state index contributed by atoms with van der Waals surface area (Å²) in [7, 11) is -3.66. The minimum Gasteiger partial charge on any atom is -0.481 e. The van der Waals surface area contributed by atoms with Crippen LogP contribution in [0.5, 0.6) is 0 Å². The fourth-order valence-corrected chi connectivity index (χ4v) is 4.17. The van der Waals surface area contributed by atoms with Crippen molar-refractivity contribution in [2.24, 2.45) is 11.8 Å². The van der Waals surface area contributed by atoms with Crippen molar-refractivity contribution in [2.75, 3.05) is 19.6 Å². The third kappa shape index (κ3) is 5.81. The molecule has 0 radical (unpaired) electrons. The van der Waals surface area contributed by atoms with Crippen molar-refractivity contribution in [1.82, 2.24) is 9.62 Å². The molecular formula is C18H28N2O5S. The number of nitrogens with one attached hydrogen (secondary N) is 1. The maximum Gasteiger partial charge on any atom is 0.308 e. The first-order chi connectivity index (χ1) is 12.1. The Labute approximate surface area is 155 Å². The Balaban J connectivity index is 2.93. The van der Waals surface area contributed by atoms with Crippen LogP contribution >= 0.6 is 0 Å². The van der Waals surface area contributed by atoms with Gasteiger partial charge in [-0.25, -0.2) is 8.42 Å². The molecule has 0 aromatic heterocycles. The summed E-state index contributed by atoms with van der Waals surface area (Å²) in [5, 5.41) is 11.8. The fraction of sp³-hybridized carbons (Fsp3) is 0.556. The molecule has 1 amide bonds. The van der Waals surface area contributed by atoms with Gasteiger partial charge in [-0.05, 0) is 30.5 Å². The van der Waals surface area contributed by atoms with Crippen LogP contribution in [-0.4, -0.2) is 49.3 Å². The number of aliphatic carboxylic acids is 1. The van der Waals surface area contributed by atoms with Crippen LogP contribution in [0.3, 0.4) is 0 Å². The van der Waals surface area contributed by atoms with Crippen LogP contribution in [0.1, 0.15) is 44.5 Å². The zero-order chi connectivity index (χ0) is 19.9. The third-order valence-corrected chi connectivity index (χ3v) is 6.10. The van der Waals surface area contributed by atoms with Crippen molar-refractivity contribution in [1.29, 1.82) is 0 Å². The second-order valence-corrected chi connectivity index (χ2v) is 8.43. The Hall–Kier alpha value is -1.93. The van der Waals surface area contributed by atoms with E-state index in [2.05, 4.69) is 5.32 Å². The van der Waals surface area contributed by atoms with Gasteiger partial charge in [-0.2, -0.15) is 4.31 Å². The number of carbonyl (C=O) groups excluding carboxylic acids is 1. The Kier molecular flexibility index (Phi) is 8.23. The highest BCUT2D eigenvalue weighted by atomic mass is 32.2. The molecule has 26 heavy (non-hydrogen) atoms. The number of sulfonamides is 1. The van der Waals surface area contributed by atoms with Gasteiger partial charge in [-0.1, -0.05) is 33.8 Å². The lowest BCUT2D eigenvalue weighted by molar-refractivity contribution is -0.142. The Morgan fingerprint density at radius 2 is 1.81 bits per heavy atom. The number of hydrogen-bond acceptors (Lipinski definition) is 4. The predicted octanol–water partition coefficient (Wildman–Crippen LogP) is 2.19. The standard InChI is InChI=1S/C18H28N2O5S/c1-5-20(6-2)26(24,25)16-9-7-8-14(11-16)17(21)19-12-15(18(22)23)10-13(3)4/h7-9,11,13,15H,5-6,10,12H2,1-4H3,(H,19,21)(H,22,23). The van der Waals surface area contributed by atoms with Crippen LogP contribution in [0.25, 0.3) is 0 Å².